The quantitative estimate of drug-likeness (QED) is 0.735. The lowest BCUT2D eigenvalue weighted by atomic mass is 10.2. The van der Waals surface area contributed by atoms with Gasteiger partial charge in [0.2, 0.25) is 5.91 Å². The summed E-state index contributed by atoms with van der Waals surface area (Å²) in [7, 11) is -0.882. The van der Waals surface area contributed by atoms with Crippen LogP contribution in [0.1, 0.15) is 40.5 Å². The smallest absolute Gasteiger partial charge is 0.252 e. The maximum absolute atomic E-state index is 12.0. The number of anilines is 1. The summed E-state index contributed by atoms with van der Waals surface area (Å²) in [6.07, 6.45) is 2.56. The van der Waals surface area contributed by atoms with Crippen molar-refractivity contribution in [3.63, 3.8) is 0 Å². The second-order valence-electron chi connectivity index (χ2n) is 4.73. The number of hydrogen-bond acceptors (Lipinski definition) is 5. The Morgan fingerprint density at radius 3 is 2.76 bits per heavy atom. The summed E-state index contributed by atoms with van der Waals surface area (Å²) in [5.41, 5.74) is 0.409. The molecule has 0 bridgehead atoms. The van der Waals surface area contributed by atoms with Crippen LogP contribution < -0.4 is 10.6 Å². The van der Waals surface area contributed by atoms with Crippen LogP contribution in [0.4, 0.5) is 5.00 Å². The molecule has 114 valence electrons. The molecule has 2 amide bonds. The van der Waals surface area contributed by atoms with Gasteiger partial charge in [-0.1, -0.05) is 0 Å². The summed E-state index contributed by atoms with van der Waals surface area (Å²) >= 11 is 1.13. The standard InChI is InChI=1S/C13H16N2O4S2/c1-8(17)15-13-10(6-16)11(7-20-13)12(18)14-4-5-21(19)9-2-3-9/h6-7,9H,2-5H2,1H3,(H,14,18)(H,15,17). The average Bonchev–Trinajstić information content (AvgIpc) is 3.20. The zero-order chi connectivity index (χ0) is 15.4. The Kier molecular flexibility index (Phi) is 5.24. The lowest BCUT2D eigenvalue weighted by Crippen LogP contribution is -2.28. The van der Waals surface area contributed by atoms with Crippen molar-refractivity contribution in [2.24, 2.45) is 0 Å². The minimum atomic E-state index is -0.882. The molecule has 6 nitrogen and oxygen atoms in total. The van der Waals surface area contributed by atoms with Crippen molar-refractivity contribution in [1.82, 2.24) is 5.32 Å². The second kappa shape index (κ2) is 6.95. The number of thiophene rings is 1. The van der Waals surface area contributed by atoms with Gasteiger partial charge in [0.15, 0.2) is 6.29 Å². The molecule has 2 N–H and O–H groups in total. The normalized spacial score (nSPS) is 15.3. The molecule has 1 aliphatic rings. The molecule has 1 unspecified atom stereocenters. The Balaban J connectivity index is 1.94. The van der Waals surface area contributed by atoms with E-state index >= 15 is 0 Å². The molecular weight excluding hydrogens is 312 g/mol. The summed E-state index contributed by atoms with van der Waals surface area (Å²) in [6.45, 7) is 1.65. The Morgan fingerprint density at radius 1 is 1.48 bits per heavy atom. The molecular formula is C13H16N2O4S2. The summed E-state index contributed by atoms with van der Waals surface area (Å²) in [6, 6.07) is 0. The Labute approximate surface area is 128 Å². The first-order valence-corrected chi connectivity index (χ1v) is 8.78. The van der Waals surface area contributed by atoms with Crippen molar-refractivity contribution < 1.29 is 18.6 Å². The van der Waals surface area contributed by atoms with Gasteiger partial charge in [0.05, 0.1) is 11.1 Å². The van der Waals surface area contributed by atoms with Crippen LogP contribution in [-0.2, 0) is 15.6 Å². The van der Waals surface area contributed by atoms with E-state index in [0.717, 1.165) is 24.2 Å². The SMILES string of the molecule is CC(=O)Nc1scc(C(=O)NCCS(=O)C2CC2)c1C=O. The van der Waals surface area contributed by atoms with Crippen molar-refractivity contribution in [2.45, 2.75) is 25.0 Å². The molecule has 1 atom stereocenters. The molecule has 1 heterocycles. The van der Waals surface area contributed by atoms with Gasteiger partial charge < -0.3 is 10.6 Å². The van der Waals surface area contributed by atoms with Crippen LogP contribution in [0.15, 0.2) is 5.38 Å². The third-order valence-electron chi connectivity index (χ3n) is 2.97. The molecule has 1 aromatic rings. The van der Waals surface area contributed by atoms with Crippen LogP contribution in [0, 0.1) is 0 Å². The van der Waals surface area contributed by atoms with Crippen LogP contribution >= 0.6 is 11.3 Å². The minimum Gasteiger partial charge on any atom is -0.351 e. The van der Waals surface area contributed by atoms with Gasteiger partial charge in [0, 0.05) is 40.7 Å². The number of aldehydes is 1. The van der Waals surface area contributed by atoms with E-state index in [0.29, 0.717) is 28.8 Å². The zero-order valence-corrected chi connectivity index (χ0v) is 13.1. The van der Waals surface area contributed by atoms with Gasteiger partial charge in [-0.3, -0.25) is 18.6 Å². The summed E-state index contributed by atoms with van der Waals surface area (Å²) in [5, 5.41) is 7.36. The monoisotopic (exact) mass is 328 g/mol. The molecule has 2 rings (SSSR count). The lowest BCUT2D eigenvalue weighted by molar-refractivity contribution is -0.114. The maximum Gasteiger partial charge on any atom is 0.252 e. The molecule has 8 heteroatoms. The first-order valence-electron chi connectivity index (χ1n) is 6.52. The summed E-state index contributed by atoms with van der Waals surface area (Å²) in [5.74, 6) is -0.264. The van der Waals surface area contributed by atoms with E-state index in [2.05, 4.69) is 10.6 Å². The van der Waals surface area contributed by atoms with Crippen molar-refractivity contribution in [1.29, 1.82) is 0 Å². The molecule has 0 spiro atoms. The second-order valence-corrected chi connectivity index (χ2v) is 7.45. The van der Waals surface area contributed by atoms with E-state index in [1.54, 1.807) is 0 Å². The molecule has 0 saturated heterocycles. The fourth-order valence-corrected chi connectivity index (χ4v) is 4.03. The molecule has 0 aromatic carbocycles. The average molecular weight is 328 g/mol. The number of carbonyl (C=O) groups excluding carboxylic acids is 3. The highest BCUT2D eigenvalue weighted by Crippen LogP contribution is 2.27. The van der Waals surface area contributed by atoms with Crippen molar-refractivity contribution >= 4 is 45.2 Å². The minimum absolute atomic E-state index is 0.177. The van der Waals surface area contributed by atoms with Gasteiger partial charge in [-0.2, -0.15) is 0 Å². The van der Waals surface area contributed by atoms with Gasteiger partial charge in [-0.15, -0.1) is 11.3 Å². The highest BCUT2D eigenvalue weighted by molar-refractivity contribution is 7.85. The van der Waals surface area contributed by atoms with Crippen LogP contribution in [-0.4, -0.2) is 39.9 Å². The number of amides is 2. The van der Waals surface area contributed by atoms with E-state index in [1.807, 2.05) is 0 Å². The van der Waals surface area contributed by atoms with Gasteiger partial charge >= 0.3 is 0 Å². The van der Waals surface area contributed by atoms with Crippen molar-refractivity contribution in [3.8, 4) is 0 Å². The first-order chi connectivity index (χ1) is 10.0. The number of hydrogen-bond donors (Lipinski definition) is 2. The summed E-state index contributed by atoms with van der Waals surface area (Å²) in [4.78, 5) is 34.1. The fraction of sp³-hybridized carbons (Fsp3) is 0.462. The van der Waals surface area contributed by atoms with E-state index < -0.39 is 16.7 Å². The third-order valence-corrected chi connectivity index (χ3v) is 5.70. The Bertz CT molecular complexity index is 593. The van der Waals surface area contributed by atoms with Crippen LogP contribution in [0.3, 0.4) is 0 Å². The predicted molar refractivity (Wildman–Crippen MR) is 82.4 cm³/mol. The molecule has 1 fully saturated rings. The largest absolute Gasteiger partial charge is 0.351 e. The van der Waals surface area contributed by atoms with Gasteiger partial charge in [0.1, 0.15) is 5.00 Å². The van der Waals surface area contributed by atoms with Crippen LogP contribution in [0.2, 0.25) is 0 Å². The molecule has 1 saturated carbocycles. The lowest BCUT2D eigenvalue weighted by Gasteiger charge is -2.05. The van der Waals surface area contributed by atoms with Crippen molar-refractivity contribution in [2.75, 3.05) is 17.6 Å². The number of nitrogens with one attached hydrogen (secondary N) is 2. The van der Waals surface area contributed by atoms with Crippen LogP contribution in [0.25, 0.3) is 0 Å². The first kappa shape index (κ1) is 15.8. The maximum atomic E-state index is 12.0. The van der Waals surface area contributed by atoms with Gasteiger partial charge in [-0.25, -0.2) is 0 Å². The molecule has 0 radical (unpaired) electrons. The van der Waals surface area contributed by atoms with Crippen LogP contribution in [0.5, 0.6) is 0 Å². The number of rotatable bonds is 7. The highest BCUT2D eigenvalue weighted by atomic mass is 32.2. The van der Waals surface area contributed by atoms with E-state index in [9.17, 15) is 18.6 Å². The topological polar surface area (TPSA) is 92.3 Å². The fourth-order valence-electron chi connectivity index (χ4n) is 1.77. The van der Waals surface area contributed by atoms with Crippen molar-refractivity contribution in [3.05, 3.63) is 16.5 Å². The summed E-state index contributed by atoms with van der Waals surface area (Å²) < 4.78 is 11.6. The molecule has 1 aromatic heterocycles. The molecule has 0 aliphatic heterocycles. The highest BCUT2D eigenvalue weighted by Gasteiger charge is 2.27. The molecule has 1 aliphatic carbocycles. The number of carbonyl (C=O) groups is 3. The third kappa shape index (κ3) is 4.21. The van der Waals surface area contributed by atoms with E-state index in [-0.39, 0.29) is 17.0 Å². The van der Waals surface area contributed by atoms with E-state index in [4.69, 9.17) is 0 Å². The Hall–Kier alpha value is -1.54. The molecule has 21 heavy (non-hydrogen) atoms. The zero-order valence-electron chi connectivity index (χ0n) is 11.5. The Morgan fingerprint density at radius 2 is 2.19 bits per heavy atom. The van der Waals surface area contributed by atoms with Gasteiger partial charge in [0.25, 0.3) is 5.91 Å². The predicted octanol–water partition coefficient (Wildman–Crippen LogP) is 1.16. The van der Waals surface area contributed by atoms with Gasteiger partial charge in [-0.05, 0) is 12.8 Å². The van der Waals surface area contributed by atoms with E-state index in [1.165, 1.54) is 12.3 Å².